The lowest BCUT2D eigenvalue weighted by Gasteiger charge is -2.71. The van der Waals surface area contributed by atoms with Gasteiger partial charge in [0.1, 0.15) is 0 Å². The Morgan fingerprint density at radius 3 is 2.18 bits per heavy atom. The van der Waals surface area contributed by atoms with Crippen LogP contribution in [0.1, 0.15) is 106 Å². The van der Waals surface area contributed by atoms with Crippen LogP contribution in [0.5, 0.6) is 0 Å². The van der Waals surface area contributed by atoms with Crippen molar-refractivity contribution < 1.29 is 19.8 Å². The van der Waals surface area contributed by atoms with Crippen molar-refractivity contribution in [2.45, 2.75) is 112 Å². The lowest BCUT2D eigenvalue weighted by molar-refractivity contribution is -0.228. The molecule has 0 radical (unpaired) electrons. The van der Waals surface area contributed by atoms with Crippen molar-refractivity contribution in [3.63, 3.8) is 0 Å². The summed E-state index contributed by atoms with van der Waals surface area (Å²) >= 11 is 0. The number of carbonyl (C=O) groups is 2. The number of ketones is 1. The molecule has 190 valence electrons. The normalized spacial score (nSPS) is 49.9. The van der Waals surface area contributed by atoms with Gasteiger partial charge in [0, 0.05) is 6.42 Å². The molecule has 1 unspecified atom stereocenters. The number of aliphatic carboxylic acids is 1. The van der Waals surface area contributed by atoms with Crippen LogP contribution in [0.15, 0.2) is 11.1 Å². The number of aliphatic hydroxyl groups is 1. The number of allylic oxidation sites excluding steroid dienone is 1. The van der Waals surface area contributed by atoms with E-state index in [0.29, 0.717) is 18.3 Å². The molecule has 4 fully saturated rings. The molecular weight excluding hydrogens is 424 g/mol. The first kappa shape index (κ1) is 24.5. The Morgan fingerprint density at radius 1 is 0.882 bits per heavy atom. The van der Waals surface area contributed by atoms with E-state index in [1.165, 1.54) is 0 Å². The molecule has 34 heavy (non-hydrogen) atoms. The van der Waals surface area contributed by atoms with Crippen LogP contribution in [0.3, 0.4) is 0 Å². The number of fused-ring (bicyclic) bond motifs is 7. The number of carboxylic acid groups (broad SMARTS) is 1. The zero-order valence-corrected chi connectivity index (χ0v) is 22.5. The zero-order valence-electron chi connectivity index (χ0n) is 22.5. The molecule has 0 amide bonds. The zero-order chi connectivity index (χ0) is 25.1. The van der Waals surface area contributed by atoms with Crippen LogP contribution in [-0.4, -0.2) is 28.1 Å². The van der Waals surface area contributed by atoms with Crippen molar-refractivity contribution in [1.29, 1.82) is 0 Å². The lowest BCUT2D eigenvalue weighted by Crippen LogP contribution is -2.65. The summed E-state index contributed by atoms with van der Waals surface area (Å²) in [7, 11) is 0. The van der Waals surface area contributed by atoms with E-state index in [1.807, 2.05) is 0 Å². The van der Waals surface area contributed by atoms with Gasteiger partial charge < -0.3 is 10.2 Å². The molecule has 2 N–H and O–H groups in total. The van der Waals surface area contributed by atoms with E-state index in [1.54, 1.807) is 0 Å². The summed E-state index contributed by atoms with van der Waals surface area (Å²) in [5.74, 6) is 0.656. The van der Waals surface area contributed by atoms with Gasteiger partial charge in [-0.05, 0) is 108 Å². The van der Waals surface area contributed by atoms with E-state index in [0.717, 1.165) is 56.1 Å². The molecule has 0 aromatic carbocycles. The van der Waals surface area contributed by atoms with Crippen molar-refractivity contribution >= 4 is 11.8 Å². The van der Waals surface area contributed by atoms with E-state index < -0.39 is 11.4 Å². The largest absolute Gasteiger partial charge is 0.481 e. The highest BCUT2D eigenvalue weighted by Gasteiger charge is 2.70. The molecule has 8 atom stereocenters. The van der Waals surface area contributed by atoms with E-state index >= 15 is 0 Å². The molecular formula is C30H46O4. The maximum absolute atomic E-state index is 13.2. The van der Waals surface area contributed by atoms with Crippen molar-refractivity contribution in [1.82, 2.24) is 0 Å². The van der Waals surface area contributed by atoms with Crippen LogP contribution in [-0.2, 0) is 9.59 Å². The Labute approximate surface area is 206 Å². The molecule has 0 spiro atoms. The summed E-state index contributed by atoms with van der Waals surface area (Å²) < 4.78 is 0. The van der Waals surface area contributed by atoms with Gasteiger partial charge in [0.2, 0.25) is 0 Å². The third kappa shape index (κ3) is 2.70. The van der Waals surface area contributed by atoms with Gasteiger partial charge in [0.15, 0.2) is 5.78 Å². The molecule has 0 aromatic heterocycles. The van der Waals surface area contributed by atoms with Crippen LogP contribution >= 0.6 is 0 Å². The topological polar surface area (TPSA) is 74.6 Å². The minimum Gasteiger partial charge on any atom is -0.481 e. The number of carboxylic acids is 1. The monoisotopic (exact) mass is 470 g/mol. The predicted octanol–water partition coefficient (Wildman–Crippen LogP) is 6.41. The molecule has 0 aliphatic heterocycles. The Balaban J connectivity index is 1.62. The summed E-state index contributed by atoms with van der Waals surface area (Å²) in [6.45, 7) is 16.2. The highest BCUT2D eigenvalue weighted by atomic mass is 16.4. The van der Waals surface area contributed by atoms with Gasteiger partial charge in [-0.1, -0.05) is 48.5 Å². The van der Waals surface area contributed by atoms with Crippen molar-refractivity contribution in [2.75, 3.05) is 0 Å². The van der Waals surface area contributed by atoms with Gasteiger partial charge in [0.05, 0.1) is 11.5 Å². The van der Waals surface area contributed by atoms with Crippen molar-refractivity contribution in [3.05, 3.63) is 11.1 Å². The average Bonchev–Trinajstić information content (AvgIpc) is 3.05. The summed E-state index contributed by atoms with van der Waals surface area (Å²) in [5.41, 5.74) is 1.16. The highest BCUT2D eigenvalue weighted by Crippen LogP contribution is 2.76. The molecule has 0 aromatic rings. The molecule has 5 aliphatic carbocycles. The van der Waals surface area contributed by atoms with E-state index in [2.05, 4.69) is 48.5 Å². The van der Waals surface area contributed by atoms with Crippen molar-refractivity contribution in [3.8, 4) is 0 Å². The standard InChI is InChI=1S/C30H46O4/c1-17(2)23-19(31)16-30(25(33)34)15-14-28(6)18(24(23)30)8-9-21-27(5)12-11-22(32)26(3,4)20(27)10-13-29(21,28)7/h17-18,20-22,32H,8-16H2,1-7H3,(H,33,34)/t18?,20-,21+,22-,27-,28+,29+,30+/m0/s1. The smallest absolute Gasteiger partial charge is 0.314 e. The molecule has 0 heterocycles. The van der Waals surface area contributed by atoms with Gasteiger partial charge in [-0.15, -0.1) is 0 Å². The summed E-state index contributed by atoms with van der Waals surface area (Å²) in [4.78, 5) is 26.0. The fourth-order valence-electron chi connectivity index (χ4n) is 10.9. The fourth-order valence-corrected chi connectivity index (χ4v) is 10.9. The highest BCUT2D eigenvalue weighted by molar-refractivity contribution is 6.05. The molecule has 4 saturated carbocycles. The van der Waals surface area contributed by atoms with Gasteiger partial charge >= 0.3 is 5.97 Å². The molecule has 0 saturated heterocycles. The number of hydrogen-bond donors (Lipinski definition) is 2. The Hall–Kier alpha value is -1.16. The van der Waals surface area contributed by atoms with Crippen LogP contribution < -0.4 is 0 Å². The average molecular weight is 471 g/mol. The molecule has 5 rings (SSSR count). The SMILES string of the molecule is CC(C)C1=C2C3CC[C@@H]4[C@@]5(C)CC[C@H](O)C(C)(C)[C@@H]5CC[C@@]4(C)[C@]3(C)CC[C@@]2(C(=O)O)CC1=O. The maximum Gasteiger partial charge on any atom is 0.314 e. The molecule has 4 heteroatoms. The number of carbonyl (C=O) groups excluding carboxylic acids is 1. The maximum atomic E-state index is 13.2. The Kier molecular flexibility index (Phi) is 5.20. The molecule has 4 nitrogen and oxygen atoms in total. The summed E-state index contributed by atoms with van der Waals surface area (Å²) in [5, 5.41) is 21.3. The Morgan fingerprint density at radius 2 is 1.56 bits per heavy atom. The van der Waals surface area contributed by atoms with Gasteiger partial charge in [-0.25, -0.2) is 0 Å². The first-order valence-corrected chi connectivity index (χ1v) is 13.9. The van der Waals surface area contributed by atoms with Gasteiger partial charge in [-0.3, -0.25) is 9.59 Å². The number of hydrogen-bond acceptors (Lipinski definition) is 3. The number of Topliss-reactive ketones (excluding diaryl/α,β-unsaturated/α-hetero) is 1. The van der Waals surface area contributed by atoms with E-state index in [9.17, 15) is 19.8 Å². The first-order chi connectivity index (χ1) is 15.7. The lowest BCUT2D eigenvalue weighted by atomic mass is 9.33. The second-order valence-corrected chi connectivity index (χ2v) is 14.5. The van der Waals surface area contributed by atoms with E-state index in [-0.39, 0.29) is 51.8 Å². The van der Waals surface area contributed by atoms with E-state index in [4.69, 9.17) is 0 Å². The number of rotatable bonds is 2. The third-order valence-electron chi connectivity index (χ3n) is 12.8. The minimum atomic E-state index is -0.970. The van der Waals surface area contributed by atoms with Crippen LogP contribution in [0, 0.1) is 50.7 Å². The Bertz CT molecular complexity index is 961. The van der Waals surface area contributed by atoms with Gasteiger partial charge in [0.25, 0.3) is 0 Å². The summed E-state index contributed by atoms with van der Waals surface area (Å²) in [6, 6.07) is 0. The molecule has 0 bridgehead atoms. The van der Waals surface area contributed by atoms with Gasteiger partial charge in [-0.2, -0.15) is 0 Å². The summed E-state index contributed by atoms with van der Waals surface area (Å²) in [6.07, 6.45) is 7.77. The first-order valence-electron chi connectivity index (χ1n) is 13.9. The van der Waals surface area contributed by atoms with Crippen LogP contribution in [0.2, 0.25) is 0 Å². The second-order valence-electron chi connectivity index (χ2n) is 14.5. The fraction of sp³-hybridized carbons (Fsp3) is 0.867. The minimum absolute atomic E-state index is 0.00312. The molecule has 5 aliphatic rings. The number of aliphatic hydroxyl groups excluding tert-OH is 1. The predicted molar refractivity (Wildman–Crippen MR) is 133 cm³/mol. The third-order valence-corrected chi connectivity index (χ3v) is 12.8. The van der Waals surface area contributed by atoms with Crippen LogP contribution in [0.25, 0.3) is 0 Å². The second kappa shape index (κ2) is 7.20. The quantitative estimate of drug-likeness (QED) is 0.489. The van der Waals surface area contributed by atoms with Crippen molar-refractivity contribution in [2.24, 2.45) is 50.7 Å². The van der Waals surface area contributed by atoms with Crippen LogP contribution in [0.4, 0.5) is 0 Å².